The van der Waals surface area contributed by atoms with E-state index < -0.39 is 0 Å². The predicted octanol–water partition coefficient (Wildman–Crippen LogP) is 7.03. The molecule has 1 saturated carbocycles. The number of anilines is 1. The maximum atomic E-state index is 6.05. The van der Waals surface area contributed by atoms with Crippen LogP contribution in [0.3, 0.4) is 0 Å². The molecule has 1 fully saturated rings. The van der Waals surface area contributed by atoms with Crippen LogP contribution in [0.15, 0.2) is 18.2 Å². The molecule has 0 amide bonds. The summed E-state index contributed by atoms with van der Waals surface area (Å²) in [5.41, 5.74) is 1.25. The summed E-state index contributed by atoms with van der Waals surface area (Å²) in [5, 5.41) is 4.59. The van der Waals surface area contributed by atoms with Crippen LogP contribution in [-0.4, -0.2) is 6.04 Å². The molecule has 1 aromatic carbocycles. The van der Waals surface area contributed by atoms with Crippen LogP contribution in [0.2, 0.25) is 5.02 Å². The van der Waals surface area contributed by atoms with Gasteiger partial charge in [0, 0.05) is 20.3 Å². The van der Waals surface area contributed by atoms with Gasteiger partial charge in [-0.05, 0) is 53.6 Å². The number of benzene rings is 1. The zero-order chi connectivity index (χ0) is 14.9. The summed E-state index contributed by atoms with van der Waals surface area (Å²) in [4.78, 5) is 0. The van der Waals surface area contributed by atoms with E-state index in [1.54, 1.807) is 0 Å². The monoisotopic (exact) mass is 419 g/mol. The molecule has 0 heterocycles. The first-order valence-corrected chi connectivity index (χ1v) is 9.93. The maximum absolute atomic E-state index is 6.05. The third-order valence-electron chi connectivity index (χ3n) is 4.40. The summed E-state index contributed by atoms with van der Waals surface area (Å²) >= 11 is 8.43. The molecule has 0 bridgehead atoms. The summed E-state index contributed by atoms with van der Waals surface area (Å²) in [6, 6.07) is 6.78. The van der Waals surface area contributed by atoms with Gasteiger partial charge < -0.3 is 5.32 Å². The maximum Gasteiger partial charge on any atom is 0.0479 e. The molecule has 1 aliphatic rings. The van der Waals surface area contributed by atoms with Crippen molar-refractivity contribution in [2.24, 2.45) is 0 Å². The zero-order valence-electron chi connectivity index (χ0n) is 12.8. The predicted molar refractivity (Wildman–Crippen MR) is 102 cm³/mol. The molecule has 0 saturated heterocycles. The number of nitrogens with one attached hydrogen (secondary N) is 1. The number of halogens is 2. The van der Waals surface area contributed by atoms with Crippen LogP contribution < -0.4 is 5.32 Å². The van der Waals surface area contributed by atoms with Gasteiger partial charge in [0.2, 0.25) is 0 Å². The molecule has 0 radical (unpaired) electrons. The highest BCUT2D eigenvalue weighted by Gasteiger charge is 2.11. The Bertz CT molecular complexity index is 410. The van der Waals surface area contributed by atoms with Crippen LogP contribution in [0.25, 0.3) is 0 Å². The summed E-state index contributed by atoms with van der Waals surface area (Å²) in [6.07, 6.45) is 15.3. The van der Waals surface area contributed by atoms with Crippen molar-refractivity contribution in [2.75, 3.05) is 5.32 Å². The molecule has 3 heteroatoms. The minimum Gasteiger partial charge on any atom is -0.381 e. The second-order valence-electron chi connectivity index (χ2n) is 6.22. The quantitative estimate of drug-likeness (QED) is 0.507. The molecule has 0 unspecified atom stereocenters. The van der Waals surface area contributed by atoms with Crippen molar-refractivity contribution in [3.05, 3.63) is 26.8 Å². The lowest BCUT2D eigenvalue weighted by molar-refractivity contribution is 0.480. The van der Waals surface area contributed by atoms with Gasteiger partial charge in [-0.25, -0.2) is 0 Å². The molecule has 1 aromatic rings. The molecule has 1 nitrogen and oxygen atoms in total. The molecule has 1 N–H and O–H groups in total. The van der Waals surface area contributed by atoms with Gasteiger partial charge in [0.1, 0.15) is 0 Å². The average molecular weight is 420 g/mol. The fourth-order valence-electron chi connectivity index (χ4n) is 3.13. The number of hydrogen-bond acceptors (Lipinski definition) is 1. The van der Waals surface area contributed by atoms with Gasteiger partial charge in [-0.2, -0.15) is 0 Å². The van der Waals surface area contributed by atoms with Crippen molar-refractivity contribution in [2.45, 2.75) is 76.7 Å². The molecular weight excluding hydrogens is 393 g/mol. The molecule has 0 spiro atoms. The van der Waals surface area contributed by atoms with E-state index in [0.29, 0.717) is 6.04 Å². The summed E-state index contributed by atoms with van der Waals surface area (Å²) in [6.45, 7) is 0. The lowest BCUT2D eigenvalue weighted by Crippen LogP contribution is -2.20. The summed E-state index contributed by atoms with van der Waals surface area (Å²) < 4.78 is 1.23. The molecule has 0 atom stereocenters. The van der Waals surface area contributed by atoms with E-state index in [1.165, 1.54) is 79.9 Å². The van der Waals surface area contributed by atoms with Crippen molar-refractivity contribution < 1.29 is 0 Å². The third kappa shape index (κ3) is 6.77. The first kappa shape index (κ1) is 17.4. The third-order valence-corrected chi connectivity index (χ3v) is 5.52. The fourth-order valence-corrected chi connectivity index (χ4v) is 4.16. The lowest BCUT2D eigenvalue weighted by Gasteiger charge is -2.21. The second-order valence-corrected chi connectivity index (χ2v) is 7.82. The Kier molecular flexibility index (Phi) is 8.23. The Morgan fingerprint density at radius 3 is 1.90 bits per heavy atom. The van der Waals surface area contributed by atoms with Crippen molar-refractivity contribution in [1.29, 1.82) is 0 Å². The number of hydrogen-bond donors (Lipinski definition) is 1. The smallest absolute Gasteiger partial charge is 0.0479 e. The van der Waals surface area contributed by atoms with E-state index in [2.05, 4.69) is 34.0 Å². The first-order valence-electron chi connectivity index (χ1n) is 8.47. The van der Waals surface area contributed by atoms with E-state index in [1.807, 2.05) is 12.1 Å². The van der Waals surface area contributed by atoms with Gasteiger partial charge in [-0.3, -0.25) is 0 Å². The molecule has 1 aliphatic carbocycles. The van der Waals surface area contributed by atoms with Crippen LogP contribution in [0, 0.1) is 3.57 Å². The fraction of sp³-hybridized carbons (Fsp3) is 0.667. The van der Waals surface area contributed by atoms with E-state index in [9.17, 15) is 0 Å². The second kappa shape index (κ2) is 9.94. The van der Waals surface area contributed by atoms with Crippen LogP contribution in [-0.2, 0) is 0 Å². The van der Waals surface area contributed by atoms with Crippen LogP contribution >= 0.6 is 34.2 Å². The van der Waals surface area contributed by atoms with Gasteiger partial charge in [-0.1, -0.05) is 69.4 Å². The van der Waals surface area contributed by atoms with Crippen LogP contribution in [0.4, 0.5) is 5.69 Å². The largest absolute Gasteiger partial charge is 0.381 e. The minimum atomic E-state index is 0.624. The lowest BCUT2D eigenvalue weighted by atomic mass is 9.98. The molecule has 0 aromatic heterocycles. The average Bonchev–Trinajstić information content (AvgIpc) is 2.44. The minimum absolute atomic E-state index is 0.624. The van der Waals surface area contributed by atoms with E-state index >= 15 is 0 Å². The highest BCUT2D eigenvalue weighted by atomic mass is 127. The standard InChI is InChI=1S/C18H27ClIN/c19-15-12-13-18(17(20)14-15)21-16-10-8-6-4-2-1-3-5-7-9-11-16/h12-14,16,21H,1-11H2. The van der Waals surface area contributed by atoms with Gasteiger partial charge in [0.15, 0.2) is 0 Å². The van der Waals surface area contributed by atoms with Gasteiger partial charge >= 0.3 is 0 Å². The Hall–Kier alpha value is 0.0400. The SMILES string of the molecule is Clc1ccc(NC2CCCCCCCCCCC2)c(I)c1. The van der Waals surface area contributed by atoms with Crippen LogP contribution in [0.1, 0.15) is 70.6 Å². The molecule has 0 aliphatic heterocycles. The highest BCUT2D eigenvalue weighted by molar-refractivity contribution is 14.1. The van der Waals surface area contributed by atoms with Gasteiger partial charge in [0.25, 0.3) is 0 Å². The Balaban J connectivity index is 1.90. The van der Waals surface area contributed by atoms with Gasteiger partial charge in [0.05, 0.1) is 0 Å². The van der Waals surface area contributed by atoms with Crippen molar-refractivity contribution >= 4 is 39.9 Å². The zero-order valence-corrected chi connectivity index (χ0v) is 15.8. The molecular formula is C18H27ClIN. The van der Waals surface area contributed by atoms with Crippen LogP contribution in [0.5, 0.6) is 0 Å². The topological polar surface area (TPSA) is 12.0 Å². The van der Waals surface area contributed by atoms with E-state index in [0.717, 1.165) is 5.02 Å². The molecule has 21 heavy (non-hydrogen) atoms. The Morgan fingerprint density at radius 2 is 1.38 bits per heavy atom. The first-order chi connectivity index (χ1) is 10.3. The number of rotatable bonds is 2. The molecule has 118 valence electrons. The van der Waals surface area contributed by atoms with Crippen molar-refractivity contribution in [3.63, 3.8) is 0 Å². The van der Waals surface area contributed by atoms with E-state index in [-0.39, 0.29) is 0 Å². The van der Waals surface area contributed by atoms with E-state index in [4.69, 9.17) is 11.6 Å². The van der Waals surface area contributed by atoms with Gasteiger partial charge in [-0.15, -0.1) is 0 Å². The Morgan fingerprint density at radius 1 is 0.857 bits per heavy atom. The van der Waals surface area contributed by atoms with Crippen molar-refractivity contribution in [3.8, 4) is 0 Å². The molecule has 2 rings (SSSR count). The highest BCUT2D eigenvalue weighted by Crippen LogP contribution is 2.25. The summed E-state index contributed by atoms with van der Waals surface area (Å²) in [5.74, 6) is 0. The normalized spacial score (nSPS) is 19.5. The summed E-state index contributed by atoms with van der Waals surface area (Å²) in [7, 11) is 0. The van der Waals surface area contributed by atoms with Crippen molar-refractivity contribution in [1.82, 2.24) is 0 Å². The Labute approximate surface area is 148 Å².